The van der Waals surface area contributed by atoms with Crippen molar-refractivity contribution >= 4 is 5.91 Å². The van der Waals surface area contributed by atoms with Crippen molar-refractivity contribution in [3.8, 4) is 0 Å². The Morgan fingerprint density at radius 3 is 2.69 bits per heavy atom. The summed E-state index contributed by atoms with van der Waals surface area (Å²) in [5.74, 6) is 0.775. The zero-order chi connectivity index (χ0) is 12.0. The molecule has 4 heteroatoms. The molecule has 1 rings (SSSR count). The Morgan fingerprint density at radius 2 is 2.19 bits per heavy atom. The second-order valence-corrected chi connectivity index (χ2v) is 5.01. The summed E-state index contributed by atoms with van der Waals surface area (Å²) in [4.78, 5) is 13.8. The van der Waals surface area contributed by atoms with Crippen molar-refractivity contribution in [3.63, 3.8) is 0 Å². The first-order valence-corrected chi connectivity index (χ1v) is 6.27. The first-order valence-electron chi connectivity index (χ1n) is 6.27. The van der Waals surface area contributed by atoms with Crippen LogP contribution in [-0.4, -0.2) is 50.1 Å². The van der Waals surface area contributed by atoms with Crippen LogP contribution in [0.1, 0.15) is 26.7 Å². The van der Waals surface area contributed by atoms with Crippen molar-refractivity contribution in [2.24, 2.45) is 5.92 Å². The van der Waals surface area contributed by atoms with E-state index in [9.17, 15) is 4.79 Å². The fourth-order valence-electron chi connectivity index (χ4n) is 1.64. The summed E-state index contributed by atoms with van der Waals surface area (Å²) >= 11 is 0. The lowest BCUT2D eigenvalue weighted by Gasteiger charge is -2.26. The normalized spacial score (nSPS) is 16.6. The van der Waals surface area contributed by atoms with Gasteiger partial charge < -0.3 is 15.5 Å². The van der Waals surface area contributed by atoms with Gasteiger partial charge in [-0.2, -0.15) is 0 Å². The van der Waals surface area contributed by atoms with Crippen molar-refractivity contribution < 1.29 is 4.79 Å². The van der Waals surface area contributed by atoms with E-state index >= 15 is 0 Å². The van der Waals surface area contributed by atoms with Gasteiger partial charge in [-0.1, -0.05) is 0 Å². The maximum Gasteiger partial charge on any atom is 0.220 e. The van der Waals surface area contributed by atoms with E-state index in [-0.39, 0.29) is 5.91 Å². The average molecular weight is 227 g/mol. The molecule has 0 spiro atoms. The van der Waals surface area contributed by atoms with Crippen LogP contribution in [0.25, 0.3) is 0 Å². The first-order chi connectivity index (χ1) is 7.59. The van der Waals surface area contributed by atoms with Gasteiger partial charge >= 0.3 is 0 Å². The summed E-state index contributed by atoms with van der Waals surface area (Å²) in [6, 6.07) is 0.580. The molecule has 1 amide bonds. The molecular weight excluding hydrogens is 202 g/mol. The number of nitrogens with zero attached hydrogens (tertiary/aromatic N) is 1. The number of carbonyl (C=O) groups excluding carboxylic acids is 1. The highest BCUT2D eigenvalue weighted by atomic mass is 16.1. The maximum absolute atomic E-state index is 11.5. The van der Waals surface area contributed by atoms with Crippen molar-refractivity contribution in [2.45, 2.75) is 32.7 Å². The minimum Gasteiger partial charge on any atom is -0.356 e. The third kappa shape index (κ3) is 4.94. The molecule has 4 nitrogen and oxygen atoms in total. The molecule has 0 aromatic carbocycles. The molecule has 0 bridgehead atoms. The third-order valence-electron chi connectivity index (χ3n) is 3.23. The van der Waals surface area contributed by atoms with Gasteiger partial charge in [0.1, 0.15) is 0 Å². The van der Waals surface area contributed by atoms with Gasteiger partial charge in [-0.25, -0.2) is 0 Å². The van der Waals surface area contributed by atoms with Crippen molar-refractivity contribution in [1.82, 2.24) is 15.5 Å². The highest BCUT2D eigenvalue weighted by Crippen LogP contribution is 2.07. The smallest absolute Gasteiger partial charge is 0.220 e. The van der Waals surface area contributed by atoms with Gasteiger partial charge in [0.25, 0.3) is 0 Å². The van der Waals surface area contributed by atoms with Crippen LogP contribution in [0.5, 0.6) is 0 Å². The zero-order valence-corrected chi connectivity index (χ0v) is 10.8. The SMILES string of the molecule is CC(C)N(C)CCCNC(=O)CC1CNC1. The lowest BCUT2D eigenvalue weighted by molar-refractivity contribution is -0.122. The molecule has 0 aromatic rings. The highest BCUT2D eigenvalue weighted by molar-refractivity contribution is 5.76. The minimum absolute atomic E-state index is 0.207. The molecule has 2 N–H and O–H groups in total. The molecule has 0 saturated carbocycles. The molecule has 1 aliphatic rings. The fraction of sp³-hybridized carbons (Fsp3) is 0.917. The van der Waals surface area contributed by atoms with Gasteiger partial charge in [0, 0.05) is 19.0 Å². The predicted molar refractivity (Wildman–Crippen MR) is 66.4 cm³/mol. The Hall–Kier alpha value is -0.610. The fourth-order valence-corrected chi connectivity index (χ4v) is 1.64. The van der Waals surface area contributed by atoms with E-state index in [1.807, 2.05) is 0 Å². The topological polar surface area (TPSA) is 44.4 Å². The largest absolute Gasteiger partial charge is 0.356 e. The summed E-state index contributed by atoms with van der Waals surface area (Å²) in [5, 5.41) is 6.16. The van der Waals surface area contributed by atoms with Crippen LogP contribution < -0.4 is 10.6 Å². The summed E-state index contributed by atoms with van der Waals surface area (Å²) in [7, 11) is 2.12. The Labute approximate surface area is 98.8 Å². The molecular formula is C12H25N3O. The van der Waals surface area contributed by atoms with Crippen molar-refractivity contribution in [3.05, 3.63) is 0 Å². The van der Waals surface area contributed by atoms with Gasteiger partial charge in [0.05, 0.1) is 0 Å². The number of amides is 1. The predicted octanol–water partition coefficient (Wildman–Crippen LogP) is 0.442. The summed E-state index contributed by atoms with van der Waals surface area (Å²) in [6.07, 6.45) is 1.72. The third-order valence-corrected chi connectivity index (χ3v) is 3.23. The van der Waals surface area contributed by atoms with Gasteiger partial charge in [-0.15, -0.1) is 0 Å². The lowest BCUT2D eigenvalue weighted by Crippen LogP contribution is -2.44. The summed E-state index contributed by atoms with van der Waals surface area (Å²) < 4.78 is 0. The molecule has 0 aliphatic carbocycles. The van der Waals surface area contributed by atoms with Crippen LogP contribution in [0.3, 0.4) is 0 Å². The lowest BCUT2D eigenvalue weighted by atomic mass is 9.99. The van der Waals surface area contributed by atoms with Gasteiger partial charge in [0.15, 0.2) is 0 Å². The molecule has 0 atom stereocenters. The molecule has 1 aliphatic heterocycles. The van der Waals surface area contributed by atoms with E-state index in [4.69, 9.17) is 0 Å². The van der Waals surface area contributed by atoms with Gasteiger partial charge in [-0.05, 0) is 52.9 Å². The number of hydrogen-bond donors (Lipinski definition) is 2. The Kier molecular flexibility index (Phi) is 5.77. The summed E-state index contributed by atoms with van der Waals surface area (Å²) in [5.41, 5.74) is 0. The van der Waals surface area contributed by atoms with E-state index in [1.54, 1.807) is 0 Å². The molecule has 0 unspecified atom stereocenters. The van der Waals surface area contributed by atoms with Crippen LogP contribution in [0.15, 0.2) is 0 Å². The Balaban J connectivity index is 1.95. The number of nitrogens with one attached hydrogen (secondary N) is 2. The monoisotopic (exact) mass is 227 g/mol. The number of hydrogen-bond acceptors (Lipinski definition) is 3. The second kappa shape index (κ2) is 6.86. The standard InChI is InChI=1S/C12H25N3O/c1-10(2)15(3)6-4-5-14-12(16)7-11-8-13-9-11/h10-11,13H,4-9H2,1-3H3,(H,14,16). The van der Waals surface area contributed by atoms with E-state index in [0.717, 1.165) is 32.6 Å². The second-order valence-electron chi connectivity index (χ2n) is 5.01. The first kappa shape index (κ1) is 13.5. The van der Waals surface area contributed by atoms with Crippen LogP contribution >= 0.6 is 0 Å². The quantitative estimate of drug-likeness (QED) is 0.620. The van der Waals surface area contributed by atoms with E-state index < -0.39 is 0 Å². The van der Waals surface area contributed by atoms with E-state index in [0.29, 0.717) is 18.4 Å². The number of carbonyl (C=O) groups is 1. The summed E-state index contributed by atoms with van der Waals surface area (Å²) in [6.45, 7) is 8.22. The van der Waals surface area contributed by atoms with Crippen molar-refractivity contribution in [2.75, 3.05) is 33.2 Å². The van der Waals surface area contributed by atoms with E-state index in [1.165, 1.54) is 0 Å². The zero-order valence-electron chi connectivity index (χ0n) is 10.8. The Bertz CT molecular complexity index is 214. The van der Waals surface area contributed by atoms with Crippen LogP contribution in [0.2, 0.25) is 0 Å². The van der Waals surface area contributed by atoms with Crippen LogP contribution in [0, 0.1) is 5.92 Å². The van der Waals surface area contributed by atoms with Crippen LogP contribution in [-0.2, 0) is 4.79 Å². The maximum atomic E-state index is 11.5. The average Bonchev–Trinajstić information content (AvgIpc) is 2.18. The minimum atomic E-state index is 0.207. The molecule has 1 heterocycles. The van der Waals surface area contributed by atoms with Gasteiger partial charge in [-0.3, -0.25) is 4.79 Å². The highest BCUT2D eigenvalue weighted by Gasteiger charge is 2.19. The van der Waals surface area contributed by atoms with E-state index in [2.05, 4.69) is 36.4 Å². The van der Waals surface area contributed by atoms with Gasteiger partial charge in [0.2, 0.25) is 5.91 Å². The molecule has 94 valence electrons. The molecule has 16 heavy (non-hydrogen) atoms. The Morgan fingerprint density at radius 1 is 1.50 bits per heavy atom. The molecule has 1 saturated heterocycles. The number of rotatable bonds is 7. The molecule has 1 fully saturated rings. The molecule has 0 radical (unpaired) electrons. The van der Waals surface area contributed by atoms with Crippen molar-refractivity contribution in [1.29, 1.82) is 0 Å². The van der Waals surface area contributed by atoms with Crippen LogP contribution in [0.4, 0.5) is 0 Å². The molecule has 0 aromatic heterocycles.